The monoisotopic (exact) mass is 218 g/mol. The van der Waals surface area contributed by atoms with Crippen LogP contribution in [-0.4, -0.2) is 11.1 Å². The number of hydrogen-bond donors (Lipinski definition) is 1. The summed E-state index contributed by atoms with van der Waals surface area (Å²) in [4.78, 5) is 11.0. The topological polar surface area (TPSA) is 37.3 Å². The number of hydrogen-bond acceptors (Lipinski definition) is 2. The Morgan fingerprint density at radius 2 is 2.07 bits per heavy atom. The number of carboxylic acids is 1. The summed E-state index contributed by atoms with van der Waals surface area (Å²) < 4.78 is 0. The van der Waals surface area contributed by atoms with Crippen LogP contribution in [0.15, 0.2) is 41.1 Å². The predicted octanol–water partition coefficient (Wildman–Crippen LogP) is 3.04. The third-order valence-electron chi connectivity index (χ3n) is 2.22. The van der Waals surface area contributed by atoms with E-state index < -0.39 is 5.97 Å². The molecule has 1 N–H and O–H groups in total. The molecule has 0 amide bonds. The van der Waals surface area contributed by atoms with Gasteiger partial charge in [0.05, 0.1) is 5.56 Å². The van der Waals surface area contributed by atoms with Crippen LogP contribution in [0.2, 0.25) is 0 Å². The molecular weight excluding hydrogens is 208 g/mol. The van der Waals surface area contributed by atoms with Crippen molar-refractivity contribution in [2.24, 2.45) is 0 Å². The molecular formula is C12H10O2S. The van der Waals surface area contributed by atoms with Crippen LogP contribution in [0.4, 0.5) is 0 Å². The first-order chi connectivity index (χ1) is 7.27. The molecule has 0 bridgehead atoms. The lowest BCUT2D eigenvalue weighted by molar-refractivity contribution is 0.0696. The smallest absolute Gasteiger partial charge is 0.335 e. The summed E-state index contributed by atoms with van der Waals surface area (Å²) in [6, 6.07) is 9.14. The van der Waals surface area contributed by atoms with Crippen LogP contribution in [-0.2, 0) is 6.42 Å². The predicted molar refractivity (Wildman–Crippen MR) is 60.5 cm³/mol. The molecule has 2 aromatic rings. The standard InChI is InChI=1S/C12H10O2S/c13-12(14)11-4-2-1-3-10(11)7-9-5-6-15-8-9/h1-6,8H,7H2,(H,13,14). The van der Waals surface area contributed by atoms with Crippen LogP contribution in [0.3, 0.4) is 0 Å². The van der Waals surface area contributed by atoms with E-state index in [0.29, 0.717) is 12.0 Å². The minimum absolute atomic E-state index is 0.392. The average molecular weight is 218 g/mol. The van der Waals surface area contributed by atoms with Crippen LogP contribution in [0, 0.1) is 0 Å². The Balaban J connectivity index is 2.32. The van der Waals surface area contributed by atoms with Crippen molar-refractivity contribution in [1.82, 2.24) is 0 Å². The Morgan fingerprint density at radius 1 is 1.27 bits per heavy atom. The van der Waals surface area contributed by atoms with Crippen molar-refractivity contribution in [2.45, 2.75) is 6.42 Å². The molecule has 1 aromatic carbocycles. The van der Waals surface area contributed by atoms with Gasteiger partial charge >= 0.3 is 5.97 Å². The van der Waals surface area contributed by atoms with Crippen molar-refractivity contribution in [3.63, 3.8) is 0 Å². The highest BCUT2D eigenvalue weighted by Gasteiger charge is 2.08. The van der Waals surface area contributed by atoms with Crippen molar-refractivity contribution >= 4 is 17.3 Å². The van der Waals surface area contributed by atoms with Crippen LogP contribution >= 0.6 is 11.3 Å². The van der Waals surface area contributed by atoms with Gasteiger partial charge in [-0.05, 0) is 40.4 Å². The Labute approximate surface area is 91.8 Å². The summed E-state index contributed by atoms with van der Waals surface area (Å²) in [7, 11) is 0. The SMILES string of the molecule is O=C(O)c1ccccc1Cc1ccsc1. The molecule has 2 nitrogen and oxygen atoms in total. The van der Waals surface area contributed by atoms with Gasteiger partial charge in [-0.15, -0.1) is 0 Å². The molecule has 2 rings (SSSR count). The van der Waals surface area contributed by atoms with Crippen LogP contribution in [0.1, 0.15) is 21.5 Å². The molecule has 0 saturated carbocycles. The lowest BCUT2D eigenvalue weighted by Crippen LogP contribution is -2.02. The first-order valence-electron chi connectivity index (χ1n) is 4.59. The summed E-state index contributed by atoms with van der Waals surface area (Å²) in [6.45, 7) is 0. The summed E-state index contributed by atoms with van der Waals surface area (Å²) in [5.74, 6) is -0.860. The number of carbonyl (C=O) groups is 1. The molecule has 1 aromatic heterocycles. The van der Waals surface area contributed by atoms with Crippen molar-refractivity contribution in [1.29, 1.82) is 0 Å². The summed E-state index contributed by atoms with van der Waals surface area (Å²) in [6.07, 6.45) is 0.686. The zero-order valence-corrected chi connectivity index (χ0v) is 8.83. The van der Waals surface area contributed by atoms with Crippen LogP contribution in [0.25, 0.3) is 0 Å². The van der Waals surface area contributed by atoms with E-state index in [1.165, 1.54) is 0 Å². The fourth-order valence-corrected chi connectivity index (χ4v) is 2.16. The first kappa shape index (κ1) is 9.93. The van der Waals surface area contributed by atoms with E-state index in [2.05, 4.69) is 0 Å². The van der Waals surface area contributed by atoms with Crippen molar-refractivity contribution in [2.75, 3.05) is 0 Å². The van der Waals surface area contributed by atoms with Gasteiger partial charge in [0.25, 0.3) is 0 Å². The molecule has 0 aliphatic heterocycles. The van der Waals surface area contributed by atoms with Gasteiger partial charge in [0.15, 0.2) is 0 Å². The molecule has 0 fully saturated rings. The van der Waals surface area contributed by atoms with Crippen molar-refractivity contribution < 1.29 is 9.90 Å². The van der Waals surface area contributed by atoms with E-state index >= 15 is 0 Å². The molecule has 0 spiro atoms. The van der Waals surface area contributed by atoms with Gasteiger partial charge in [-0.3, -0.25) is 0 Å². The number of benzene rings is 1. The number of aromatic carboxylic acids is 1. The maximum absolute atomic E-state index is 11.0. The van der Waals surface area contributed by atoms with Gasteiger partial charge in [0.1, 0.15) is 0 Å². The van der Waals surface area contributed by atoms with E-state index in [1.807, 2.05) is 29.0 Å². The molecule has 1 heterocycles. The molecule has 0 aliphatic rings. The quantitative estimate of drug-likeness (QED) is 0.859. The summed E-state index contributed by atoms with van der Waals surface area (Å²) in [5, 5.41) is 13.0. The Bertz CT molecular complexity index is 460. The van der Waals surface area contributed by atoms with Crippen LogP contribution < -0.4 is 0 Å². The average Bonchev–Trinajstić information content (AvgIpc) is 2.71. The maximum atomic E-state index is 11.0. The van der Waals surface area contributed by atoms with Gasteiger partial charge in [0, 0.05) is 0 Å². The Morgan fingerprint density at radius 3 is 2.73 bits per heavy atom. The molecule has 76 valence electrons. The molecule has 0 unspecified atom stereocenters. The summed E-state index contributed by atoms with van der Waals surface area (Å²) >= 11 is 1.63. The minimum Gasteiger partial charge on any atom is -0.478 e. The highest BCUT2D eigenvalue weighted by Crippen LogP contribution is 2.16. The Kier molecular flexibility index (Phi) is 2.83. The number of thiophene rings is 1. The molecule has 0 radical (unpaired) electrons. The number of carboxylic acid groups (broad SMARTS) is 1. The van der Waals surface area contributed by atoms with E-state index in [-0.39, 0.29) is 0 Å². The van der Waals surface area contributed by atoms with Gasteiger partial charge in [-0.25, -0.2) is 4.79 Å². The Hall–Kier alpha value is -1.61. The zero-order valence-electron chi connectivity index (χ0n) is 8.01. The molecule has 3 heteroatoms. The maximum Gasteiger partial charge on any atom is 0.335 e. The second kappa shape index (κ2) is 4.28. The van der Waals surface area contributed by atoms with E-state index in [1.54, 1.807) is 23.5 Å². The highest BCUT2D eigenvalue weighted by molar-refractivity contribution is 7.07. The lowest BCUT2D eigenvalue weighted by atomic mass is 10.0. The van der Waals surface area contributed by atoms with E-state index in [4.69, 9.17) is 5.11 Å². The fourth-order valence-electron chi connectivity index (χ4n) is 1.50. The highest BCUT2D eigenvalue weighted by atomic mass is 32.1. The van der Waals surface area contributed by atoms with E-state index in [0.717, 1.165) is 11.1 Å². The minimum atomic E-state index is -0.860. The van der Waals surface area contributed by atoms with Crippen LogP contribution in [0.5, 0.6) is 0 Å². The third kappa shape index (κ3) is 2.25. The van der Waals surface area contributed by atoms with Gasteiger partial charge in [-0.1, -0.05) is 18.2 Å². The van der Waals surface area contributed by atoms with Crippen molar-refractivity contribution in [3.8, 4) is 0 Å². The zero-order chi connectivity index (χ0) is 10.7. The molecule has 0 atom stereocenters. The second-order valence-electron chi connectivity index (χ2n) is 3.27. The molecule has 0 aliphatic carbocycles. The summed E-state index contributed by atoms with van der Waals surface area (Å²) in [5.41, 5.74) is 2.42. The molecule has 0 saturated heterocycles. The largest absolute Gasteiger partial charge is 0.478 e. The fraction of sp³-hybridized carbons (Fsp3) is 0.0833. The number of rotatable bonds is 3. The first-order valence-corrected chi connectivity index (χ1v) is 5.54. The lowest BCUT2D eigenvalue weighted by Gasteiger charge is -2.03. The molecule has 15 heavy (non-hydrogen) atoms. The van der Waals surface area contributed by atoms with Gasteiger partial charge < -0.3 is 5.11 Å². The van der Waals surface area contributed by atoms with Gasteiger partial charge in [0.2, 0.25) is 0 Å². The van der Waals surface area contributed by atoms with Gasteiger partial charge in [-0.2, -0.15) is 11.3 Å². The normalized spacial score (nSPS) is 10.1. The van der Waals surface area contributed by atoms with Crippen molar-refractivity contribution in [3.05, 3.63) is 57.8 Å². The second-order valence-corrected chi connectivity index (χ2v) is 4.05. The third-order valence-corrected chi connectivity index (χ3v) is 2.95. The van der Waals surface area contributed by atoms with E-state index in [9.17, 15) is 4.79 Å².